The Morgan fingerprint density at radius 2 is 2.10 bits per heavy atom. The van der Waals surface area contributed by atoms with Crippen LogP contribution < -0.4 is 0 Å². The number of allylic oxidation sites excluding steroid dienone is 2. The van der Waals surface area contributed by atoms with E-state index in [0.717, 1.165) is 6.42 Å². The van der Waals surface area contributed by atoms with E-state index in [1.807, 2.05) is 0 Å². The van der Waals surface area contributed by atoms with E-state index in [1.54, 1.807) is 0 Å². The minimum atomic E-state index is 0.240. The maximum Gasteiger partial charge on any atom is 0.0546 e. The molecule has 0 aliphatic heterocycles. The van der Waals surface area contributed by atoms with E-state index in [4.69, 9.17) is 11.6 Å². The summed E-state index contributed by atoms with van der Waals surface area (Å²) in [6.07, 6.45) is 5.46. The van der Waals surface area contributed by atoms with E-state index < -0.39 is 0 Å². The normalized spacial score (nSPS) is 38.0. The van der Waals surface area contributed by atoms with Crippen LogP contribution in [0.25, 0.3) is 0 Å². The van der Waals surface area contributed by atoms with Crippen LogP contribution in [-0.4, -0.2) is 5.38 Å². The van der Waals surface area contributed by atoms with E-state index in [0.29, 0.717) is 11.3 Å². The second-order valence-electron chi connectivity index (χ2n) is 3.85. The molecule has 0 saturated heterocycles. The molecule has 58 valence electrons. The molecule has 1 rings (SSSR count). The van der Waals surface area contributed by atoms with Crippen LogP contribution in [0.1, 0.15) is 27.2 Å². The number of hydrogen-bond donors (Lipinski definition) is 0. The van der Waals surface area contributed by atoms with E-state index in [-0.39, 0.29) is 5.38 Å². The fraction of sp³-hybridized carbons (Fsp3) is 0.778. The highest BCUT2D eigenvalue weighted by Crippen LogP contribution is 2.38. The first kappa shape index (κ1) is 8.13. The lowest BCUT2D eigenvalue weighted by molar-refractivity contribution is 0.228. The van der Waals surface area contributed by atoms with Gasteiger partial charge in [-0.25, -0.2) is 0 Å². The monoisotopic (exact) mass is 158 g/mol. The molecule has 0 spiro atoms. The average Bonchev–Trinajstić information content (AvgIpc) is 1.83. The number of hydrogen-bond acceptors (Lipinski definition) is 0. The van der Waals surface area contributed by atoms with Crippen molar-refractivity contribution < 1.29 is 0 Å². The third kappa shape index (κ3) is 1.37. The number of halogens is 1. The van der Waals surface area contributed by atoms with Crippen molar-refractivity contribution in [2.24, 2.45) is 11.3 Å². The maximum atomic E-state index is 6.06. The summed E-state index contributed by atoms with van der Waals surface area (Å²) in [6, 6.07) is 0. The van der Waals surface area contributed by atoms with Crippen molar-refractivity contribution in [3.8, 4) is 0 Å². The lowest BCUT2D eigenvalue weighted by Crippen LogP contribution is -2.30. The minimum Gasteiger partial charge on any atom is -0.118 e. The summed E-state index contributed by atoms with van der Waals surface area (Å²) >= 11 is 6.06. The summed E-state index contributed by atoms with van der Waals surface area (Å²) in [7, 11) is 0. The molecule has 0 heterocycles. The first-order valence-electron chi connectivity index (χ1n) is 3.85. The Kier molecular flexibility index (Phi) is 2.10. The Labute approximate surface area is 68.3 Å². The van der Waals surface area contributed by atoms with Crippen molar-refractivity contribution in [1.29, 1.82) is 0 Å². The van der Waals surface area contributed by atoms with Gasteiger partial charge < -0.3 is 0 Å². The van der Waals surface area contributed by atoms with Gasteiger partial charge in [-0.3, -0.25) is 0 Å². The van der Waals surface area contributed by atoms with Gasteiger partial charge in [-0.2, -0.15) is 0 Å². The predicted octanol–water partition coefficient (Wildman–Crippen LogP) is 3.22. The van der Waals surface area contributed by atoms with Crippen molar-refractivity contribution in [3.63, 3.8) is 0 Å². The van der Waals surface area contributed by atoms with Gasteiger partial charge in [0, 0.05) is 0 Å². The first-order valence-corrected chi connectivity index (χ1v) is 4.28. The van der Waals surface area contributed by atoms with Gasteiger partial charge >= 0.3 is 0 Å². The molecule has 0 bridgehead atoms. The lowest BCUT2D eigenvalue weighted by atomic mass is 9.72. The van der Waals surface area contributed by atoms with Crippen LogP contribution in [0, 0.1) is 11.3 Å². The molecule has 0 fully saturated rings. The van der Waals surface area contributed by atoms with Crippen LogP contribution in [0.15, 0.2) is 12.2 Å². The largest absolute Gasteiger partial charge is 0.118 e. The van der Waals surface area contributed by atoms with Crippen molar-refractivity contribution in [2.45, 2.75) is 32.6 Å². The summed E-state index contributed by atoms with van der Waals surface area (Å²) in [6.45, 7) is 6.77. The standard InChI is InChI=1S/C9H15Cl/c1-7-8(10)5-4-6-9(7,2)3/h4-5,7-8H,6H2,1-3H3. The summed E-state index contributed by atoms with van der Waals surface area (Å²) in [4.78, 5) is 0. The summed E-state index contributed by atoms with van der Waals surface area (Å²) in [5.41, 5.74) is 0.390. The van der Waals surface area contributed by atoms with Gasteiger partial charge in [0.25, 0.3) is 0 Å². The molecule has 0 saturated carbocycles. The Morgan fingerprint density at radius 3 is 2.50 bits per heavy atom. The van der Waals surface area contributed by atoms with Gasteiger partial charge in [-0.05, 0) is 17.8 Å². The Hall–Kier alpha value is 0.0300. The van der Waals surface area contributed by atoms with Gasteiger partial charge in [0.05, 0.1) is 5.38 Å². The number of rotatable bonds is 0. The Morgan fingerprint density at radius 1 is 1.50 bits per heavy atom. The molecule has 2 atom stereocenters. The van der Waals surface area contributed by atoms with Crippen molar-refractivity contribution in [3.05, 3.63) is 12.2 Å². The molecule has 0 amide bonds. The third-order valence-corrected chi connectivity index (χ3v) is 3.20. The van der Waals surface area contributed by atoms with E-state index >= 15 is 0 Å². The maximum absolute atomic E-state index is 6.06. The quantitative estimate of drug-likeness (QED) is 0.375. The molecule has 1 aliphatic rings. The molecular weight excluding hydrogens is 144 g/mol. The van der Waals surface area contributed by atoms with Crippen LogP contribution in [0.2, 0.25) is 0 Å². The summed E-state index contributed by atoms with van der Waals surface area (Å²) in [5.74, 6) is 0.596. The highest BCUT2D eigenvalue weighted by molar-refractivity contribution is 6.22. The molecule has 0 N–H and O–H groups in total. The molecular formula is C9H15Cl. The molecule has 2 unspecified atom stereocenters. The molecule has 1 aliphatic carbocycles. The van der Waals surface area contributed by atoms with Crippen LogP contribution in [-0.2, 0) is 0 Å². The van der Waals surface area contributed by atoms with E-state index in [9.17, 15) is 0 Å². The average molecular weight is 159 g/mol. The van der Waals surface area contributed by atoms with Crippen LogP contribution in [0.5, 0.6) is 0 Å². The van der Waals surface area contributed by atoms with Gasteiger partial charge in [-0.15, -0.1) is 11.6 Å². The minimum absolute atomic E-state index is 0.240. The Balaban J connectivity index is 2.75. The summed E-state index contributed by atoms with van der Waals surface area (Å²) in [5, 5.41) is 0.240. The molecule has 10 heavy (non-hydrogen) atoms. The summed E-state index contributed by atoms with van der Waals surface area (Å²) < 4.78 is 0. The molecule has 0 aromatic carbocycles. The van der Waals surface area contributed by atoms with Crippen molar-refractivity contribution in [2.75, 3.05) is 0 Å². The fourth-order valence-corrected chi connectivity index (χ4v) is 1.73. The van der Waals surface area contributed by atoms with Gasteiger partial charge in [0.1, 0.15) is 0 Å². The highest BCUT2D eigenvalue weighted by Gasteiger charge is 2.31. The molecule has 0 aromatic rings. The first-order chi connectivity index (χ1) is 4.54. The fourth-order valence-electron chi connectivity index (χ4n) is 1.29. The number of alkyl halides is 1. The SMILES string of the molecule is CC1C(Cl)C=CCC1(C)C. The van der Waals surface area contributed by atoms with Crippen molar-refractivity contribution >= 4 is 11.6 Å². The molecule has 0 radical (unpaired) electrons. The second-order valence-corrected chi connectivity index (χ2v) is 4.36. The van der Waals surface area contributed by atoms with E-state index in [1.165, 1.54) is 0 Å². The predicted molar refractivity (Wildman–Crippen MR) is 46.3 cm³/mol. The highest BCUT2D eigenvalue weighted by atomic mass is 35.5. The zero-order valence-electron chi connectivity index (χ0n) is 6.89. The van der Waals surface area contributed by atoms with E-state index in [2.05, 4.69) is 32.9 Å². The zero-order valence-corrected chi connectivity index (χ0v) is 7.65. The van der Waals surface area contributed by atoms with Crippen LogP contribution in [0.4, 0.5) is 0 Å². The van der Waals surface area contributed by atoms with Crippen molar-refractivity contribution in [1.82, 2.24) is 0 Å². The topological polar surface area (TPSA) is 0 Å². The lowest BCUT2D eigenvalue weighted by Gasteiger charge is -2.36. The third-order valence-electron chi connectivity index (χ3n) is 2.67. The van der Waals surface area contributed by atoms with Gasteiger partial charge in [0.2, 0.25) is 0 Å². The van der Waals surface area contributed by atoms with Gasteiger partial charge in [0.15, 0.2) is 0 Å². The second kappa shape index (κ2) is 2.58. The molecule has 0 nitrogen and oxygen atoms in total. The molecule has 1 heteroatoms. The zero-order chi connectivity index (χ0) is 7.78. The molecule has 0 aromatic heterocycles. The van der Waals surface area contributed by atoms with Crippen LogP contribution >= 0.6 is 11.6 Å². The Bertz CT molecular complexity index is 147. The smallest absolute Gasteiger partial charge is 0.0546 e. The van der Waals surface area contributed by atoms with Crippen LogP contribution in [0.3, 0.4) is 0 Å². The van der Waals surface area contributed by atoms with Gasteiger partial charge in [-0.1, -0.05) is 32.9 Å².